The topological polar surface area (TPSA) is 32.9 Å². The van der Waals surface area contributed by atoms with E-state index < -0.39 is 0 Å². The summed E-state index contributed by atoms with van der Waals surface area (Å²) in [5.41, 5.74) is 4.22. The highest BCUT2D eigenvalue weighted by Crippen LogP contribution is 2.28. The van der Waals surface area contributed by atoms with Crippen LogP contribution < -0.4 is 0 Å². The fraction of sp³-hybridized carbons (Fsp3) is 0.133. The van der Waals surface area contributed by atoms with Crippen molar-refractivity contribution in [1.82, 2.24) is 4.98 Å². The SMILES string of the molecule is CCc1cc(C=O)cc2c1[nH]c1ccccc12. The van der Waals surface area contributed by atoms with Crippen molar-refractivity contribution in [2.24, 2.45) is 0 Å². The van der Waals surface area contributed by atoms with Crippen LogP contribution in [0.5, 0.6) is 0 Å². The van der Waals surface area contributed by atoms with E-state index in [0.717, 1.165) is 34.7 Å². The summed E-state index contributed by atoms with van der Waals surface area (Å²) in [6.45, 7) is 2.11. The molecule has 0 saturated heterocycles. The third-order valence-electron chi connectivity index (χ3n) is 3.24. The quantitative estimate of drug-likeness (QED) is 0.660. The monoisotopic (exact) mass is 223 g/mol. The van der Waals surface area contributed by atoms with Crippen molar-refractivity contribution in [3.05, 3.63) is 47.5 Å². The standard InChI is InChI=1S/C15H13NO/c1-2-11-7-10(9-17)8-13-12-5-3-4-6-14(12)16-15(11)13/h3-9,16H,2H2,1H3. The number of aldehydes is 1. The molecule has 0 fully saturated rings. The summed E-state index contributed by atoms with van der Waals surface area (Å²) in [6.07, 6.45) is 1.84. The number of carbonyl (C=O) groups excluding carboxylic acids is 1. The van der Waals surface area contributed by atoms with Crippen LogP contribution in [-0.2, 0) is 6.42 Å². The van der Waals surface area contributed by atoms with Gasteiger partial charge in [-0.2, -0.15) is 0 Å². The summed E-state index contributed by atoms with van der Waals surface area (Å²) >= 11 is 0. The van der Waals surface area contributed by atoms with Gasteiger partial charge in [-0.25, -0.2) is 0 Å². The van der Waals surface area contributed by atoms with Crippen molar-refractivity contribution < 1.29 is 4.79 Å². The number of benzene rings is 2. The molecule has 1 aromatic heterocycles. The predicted molar refractivity (Wildman–Crippen MR) is 70.6 cm³/mol. The maximum absolute atomic E-state index is 11.0. The Hall–Kier alpha value is -2.09. The van der Waals surface area contributed by atoms with Crippen LogP contribution in [0.3, 0.4) is 0 Å². The lowest BCUT2D eigenvalue weighted by Crippen LogP contribution is -1.87. The van der Waals surface area contributed by atoms with Crippen LogP contribution in [0, 0.1) is 0 Å². The van der Waals surface area contributed by atoms with Crippen molar-refractivity contribution >= 4 is 28.1 Å². The summed E-state index contributed by atoms with van der Waals surface area (Å²) < 4.78 is 0. The molecule has 2 heteroatoms. The molecule has 2 nitrogen and oxygen atoms in total. The molecule has 0 aliphatic rings. The van der Waals surface area contributed by atoms with Gasteiger partial charge in [-0.1, -0.05) is 25.1 Å². The Morgan fingerprint density at radius 2 is 2.00 bits per heavy atom. The van der Waals surface area contributed by atoms with Crippen LogP contribution in [0.2, 0.25) is 0 Å². The third-order valence-corrected chi connectivity index (χ3v) is 3.24. The molecule has 1 heterocycles. The van der Waals surface area contributed by atoms with Crippen LogP contribution in [0.4, 0.5) is 0 Å². The Balaban J connectivity index is 2.51. The summed E-state index contributed by atoms with van der Waals surface area (Å²) in [6, 6.07) is 12.1. The number of fused-ring (bicyclic) bond motifs is 3. The van der Waals surface area contributed by atoms with E-state index in [1.165, 1.54) is 10.9 Å². The Kier molecular flexibility index (Phi) is 2.22. The number of H-pyrrole nitrogens is 1. The molecular formula is C15H13NO. The Morgan fingerprint density at radius 1 is 1.18 bits per heavy atom. The summed E-state index contributed by atoms with van der Waals surface area (Å²) in [5.74, 6) is 0. The first-order chi connectivity index (χ1) is 8.33. The number of aryl methyl sites for hydroxylation is 1. The van der Waals surface area contributed by atoms with E-state index in [2.05, 4.69) is 24.0 Å². The smallest absolute Gasteiger partial charge is 0.150 e. The molecule has 3 rings (SSSR count). The molecule has 0 bridgehead atoms. The number of hydrogen-bond acceptors (Lipinski definition) is 1. The normalized spacial score (nSPS) is 11.1. The minimum Gasteiger partial charge on any atom is -0.354 e. The second-order valence-electron chi connectivity index (χ2n) is 4.24. The van der Waals surface area contributed by atoms with E-state index in [-0.39, 0.29) is 0 Å². The summed E-state index contributed by atoms with van der Waals surface area (Å²) in [7, 11) is 0. The van der Waals surface area contributed by atoms with Gasteiger partial charge in [0.05, 0.1) is 0 Å². The Bertz CT molecular complexity index is 709. The maximum Gasteiger partial charge on any atom is 0.150 e. The van der Waals surface area contributed by atoms with Crippen molar-refractivity contribution in [3.63, 3.8) is 0 Å². The second-order valence-corrected chi connectivity index (χ2v) is 4.24. The van der Waals surface area contributed by atoms with Crippen LogP contribution in [0.1, 0.15) is 22.8 Å². The zero-order chi connectivity index (χ0) is 11.8. The molecule has 0 unspecified atom stereocenters. The van der Waals surface area contributed by atoms with Crippen LogP contribution in [0.25, 0.3) is 21.8 Å². The van der Waals surface area contributed by atoms with E-state index in [0.29, 0.717) is 0 Å². The predicted octanol–water partition coefficient (Wildman–Crippen LogP) is 3.70. The van der Waals surface area contributed by atoms with Gasteiger partial charge in [0.25, 0.3) is 0 Å². The van der Waals surface area contributed by atoms with Gasteiger partial charge in [0, 0.05) is 27.4 Å². The van der Waals surface area contributed by atoms with E-state index in [1.54, 1.807) is 0 Å². The van der Waals surface area contributed by atoms with Crippen LogP contribution in [0.15, 0.2) is 36.4 Å². The van der Waals surface area contributed by atoms with Gasteiger partial charge in [0.15, 0.2) is 0 Å². The fourth-order valence-corrected chi connectivity index (χ4v) is 2.40. The van der Waals surface area contributed by atoms with Gasteiger partial charge >= 0.3 is 0 Å². The molecule has 3 aromatic rings. The van der Waals surface area contributed by atoms with Crippen LogP contribution in [-0.4, -0.2) is 11.3 Å². The molecule has 0 spiro atoms. The molecule has 0 amide bonds. The van der Waals surface area contributed by atoms with Gasteiger partial charge in [-0.05, 0) is 30.2 Å². The number of carbonyl (C=O) groups is 1. The molecule has 0 atom stereocenters. The molecular weight excluding hydrogens is 210 g/mol. The first kappa shape index (κ1) is 10.1. The molecule has 84 valence electrons. The van der Waals surface area contributed by atoms with E-state index >= 15 is 0 Å². The Labute approximate surface area is 99.3 Å². The number of aromatic amines is 1. The van der Waals surface area contributed by atoms with Gasteiger partial charge in [-0.15, -0.1) is 0 Å². The van der Waals surface area contributed by atoms with Gasteiger partial charge < -0.3 is 4.98 Å². The van der Waals surface area contributed by atoms with Crippen molar-refractivity contribution in [1.29, 1.82) is 0 Å². The number of hydrogen-bond donors (Lipinski definition) is 1. The zero-order valence-electron chi connectivity index (χ0n) is 9.66. The Morgan fingerprint density at radius 3 is 2.76 bits per heavy atom. The van der Waals surface area contributed by atoms with Crippen LogP contribution >= 0.6 is 0 Å². The molecule has 17 heavy (non-hydrogen) atoms. The second kappa shape index (κ2) is 3.74. The minimum absolute atomic E-state index is 0.749. The first-order valence-corrected chi connectivity index (χ1v) is 5.82. The van der Waals surface area contributed by atoms with Crippen molar-refractivity contribution in [2.45, 2.75) is 13.3 Å². The highest BCUT2D eigenvalue weighted by atomic mass is 16.1. The van der Waals surface area contributed by atoms with Crippen molar-refractivity contribution in [3.8, 4) is 0 Å². The number of rotatable bonds is 2. The lowest BCUT2D eigenvalue weighted by molar-refractivity contribution is 0.112. The molecule has 0 radical (unpaired) electrons. The average Bonchev–Trinajstić information content (AvgIpc) is 2.76. The molecule has 2 aromatic carbocycles. The van der Waals surface area contributed by atoms with Gasteiger partial charge in [0.2, 0.25) is 0 Å². The van der Waals surface area contributed by atoms with E-state index in [4.69, 9.17) is 0 Å². The van der Waals surface area contributed by atoms with Crippen molar-refractivity contribution in [2.75, 3.05) is 0 Å². The minimum atomic E-state index is 0.749. The molecule has 0 saturated carbocycles. The largest absolute Gasteiger partial charge is 0.354 e. The highest BCUT2D eigenvalue weighted by Gasteiger charge is 2.08. The molecule has 0 aliphatic carbocycles. The van der Waals surface area contributed by atoms with E-state index in [1.807, 2.05) is 24.3 Å². The van der Waals surface area contributed by atoms with Gasteiger partial charge in [-0.3, -0.25) is 4.79 Å². The summed E-state index contributed by atoms with van der Waals surface area (Å²) in [5, 5.41) is 2.32. The lowest BCUT2D eigenvalue weighted by Gasteiger charge is -2.01. The summed E-state index contributed by atoms with van der Waals surface area (Å²) in [4.78, 5) is 14.4. The van der Waals surface area contributed by atoms with Gasteiger partial charge in [0.1, 0.15) is 6.29 Å². The number of para-hydroxylation sites is 1. The molecule has 1 N–H and O–H groups in total. The third kappa shape index (κ3) is 1.45. The maximum atomic E-state index is 11.0. The first-order valence-electron chi connectivity index (χ1n) is 5.82. The fourth-order valence-electron chi connectivity index (χ4n) is 2.40. The lowest BCUT2D eigenvalue weighted by atomic mass is 10.0. The number of nitrogens with one attached hydrogen (secondary N) is 1. The highest BCUT2D eigenvalue weighted by molar-refractivity contribution is 6.09. The van der Waals surface area contributed by atoms with E-state index in [9.17, 15) is 4.79 Å². The zero-order valence-corrected chi connectivity index (χ0v) is 9.66. The average molecular weight is 223 g/mol. The number of aromatic nitrogens is 1. The molecule has 0 aliphatic heterocycles.